The first-order chi connectivity index (χ1) is 9.35. The van der Waals surface area contributed by atoms with E-state index in [9.17, 15) is 14.4 Å². The zero-order chi connectivity index (χ0) is 15.2. The van der Waals surface area contributed by atoms with Crippen molar-refractivity contribution < 1.29 is 33.3 Å². The fourth-order valence-electron chi connectivity index (χ4n) is 1.72. The van der Waals surface area contributed by atoms with Crippen LogP contribution in [-0.4, -0.2) is 44.0 Å². The molecule has 1 saturated heterocycles. The quantitative estimate of drug-likeness (QED) is 0.517. The smallest absolute Gasteiger partial charge is 0.459 e. The summed E-state index contributed by atoms with van der Waals surface area (Å²) in [6.07, 6.45) is 0.146. The molecule has 0 amide bonds. The lowest BCUT2D eigenvalue weighted by molar-refractivity contribution is -0.165. The molecule has 0 saturated carbocycles. The largest absolute Gasteiger partial charge is 0.508 e. The van der Waals surface area contributed by atoms with Crippen molar-refractivity contribution in [2.45, 2.75) is 39.7 Å². The molecule has 7 nitrogen and oxygen atoms in total. The Balaban J connectivity index is 2.22. The van der Waals surface area contributed by atoms with E-state index in [1.807, 2.05) is 6.92 Å². The lowest BCUT2D eigenvalue weighted by atomic mass is 9.88. The number of carbonyl (C=O) groups excluding carboxylic acids is 3. The van der Waals surface area contributed by atoms with Crippen molar-refractivity contribution in [1.29, 1.82) is 0 Å². The summed E-state index contributed by atoms with van der Waals surface area (Å²) in [6.45, 7) is 4.98. The molecular formula is C13H20O7. The monoisotopic (exact) mass is 288 g/mol. The van der Waals surface area contributed by atoms with Crippen molar-refractivity contribution in [2.75, 3.05) is 19.8 Å². The Morgan fingerprint density at radius 2 is 2.05 bits per heavy atom. The molecule has 0 bridgehead atoms. The van der Waals surface area contributed by atoms with Gasteiger partial charge in [0, 0.05) is 0 Å². The van der Waals surface area contributed by atoms with E-state index in [0.717, 1.165) is 6.42 Å². The average molecular weight is 288 g/mol. The Bertz CT molecular complexity index is 375. The Morgan fingerprint density at radius 1 is 1.35 bits per heavy atom. The molecular weight excluding hydrogens is 268 g/mol. The molecule has 0 aromatic carbocycles. The zero-order valence-corrected chi connectivity index (χ0v) is 12.0. The van der Waals surface area contributed by atoms with Crippen LogP contribution in [0.5, 0.6) is 0 Å². The summed E-state index contributed by atoms with van der Waals surface area (Å²) >= 11 is 0. The van der Waals surface area contributed by atoms with Crippen molar-refractivity contribution in [3.63, 3.8) is 0 Å². The number of rotatable bonds is 7. The second kappa shape index (κ2) is 7.12. The molecule has 0 aliphatic carbocycles. The molecule has 7 heteroatoms. The van der Waals surface area contributed by atoms with E-state index in [1.165, 1.54) is 0 Å². The minimum Gasteiger partial charge on any atom is -0.459 e. The second-order valence-corrected chi connectivity index (χ2v) is 5.19. The molecule has 1 unspecified atom stereocenters. The summed E-state index contributed by atoms with van der Waals surface area (Å²) < 4.78 is 18.9. The summed E-state index contributed by atoms with van der Waals surface area (Å²) in [5, 5.41) is 0. The third kappa shape index (κ3) is 5.07. The molecule has 0 aromatic heterocycles. The van der Waals surface area contributed by atoms with Crippen LogP contribution in [0.15, 0.2) is 0 Å². The molecule has 1 heterocycles. The van der Waals surface area contributed by atoms with Crippen LogP contribution in [0.25, 0.3) is 0 Å². The van der Waals surface area contributed by atoms with Crippen LogP contribution in [0.4, 0.5) is 4.79 Å². The highest BCUT2D eigenvalue weighted by atomic mass is 16.8. The molecule has 0 spiro atoms. The van der Waals surface area contributed by atoms with E-state index in [0.29, 0.717) is 6.42 Å². The van der Waals surface area contributed by atoms with Gasteiger partial charge in [0.15, 0.2) is 12.7 Å². The Hall–Kier alpha value is -1.79. The maximum atomic E-state index is 11.7. The van der Waals surface area contributed by atoms with Gasteiger partial charge < -0.3 is 18.9 Å². The maximum Gasteiger partial charge on any atom is 0.508 e. The van der Waals surface area contributed by atoms with Crippen LogP contribution in [0.2, 0.25) is 0 Å². The van der Waals surface area contributed by atoms with Crippen LogP contribution in [-0.2, 0) is 28.5 Å². The van der Waals surface area contributed by atoms with Gasteiger partial charge in [-0.1, -0.05) is 13.3 Å². The van der Waals surface area contributed by atoms with Gasteiger partial charge in [0.2, 0.25) is 0 Å². The van der Waals surface area contributed by atoms with Gasteiger partial charge in [-0.05, 0) is 20.3 Å². The predicted octanol–water partition coefficient (Wildman–Crippen LogP) is 1.43. The zero-order valence-electron chi connectivity index (χ0n) is 12.0. The molecule has 1 rings (SSSR count). The molecule has 0 N–H and O–H groups in total. The molecule has 1 aliphatic rings. The van der Waals surface area contributed by atoms with Gasteiger partial charge in [0.1, 0.15) is 13.2 Å². The lowest BCUT2D eigenvalue weighted by Crippen LogP contribution is -2.30. The molecule has 1 aliphatic heterocycles. The van der Waals surface area contributed by atoms with Gasteiger partial charge in [-0.2, -0.15) is 0 Å². The summed E-state index contributed by atoms with van der Waals surface area (Å²) in [7, 11) is 0. The summed E-state index contributed by atoms with van der Waals surface area (Å²) in [5.74, 6) is -1.12. The van der Waals surface area contributed by atoms with Gasteiger partial charge in [-0.25, -0.2) is 9.59 Å². The fraction of sp³-hybridized carbons (Fsp3) is 0.769. The maximum absolute atomic E-state index is 11.7. The van der Waals surface area contributed by atoms with Crippen molar-refractivity contribution in [2.24, 2.45) is 5.41 Å². The van der Waals surface area contributed by atoms with E-state index in [-0.39, 0.29) is 13.2 Å². The van der Waals surface area contributed by atoms with Crippen LogP contribution < -0.4 is 0 Å². The highest BCUT2D eigenvalue weighted by molar-refractivity contribution is 5.79. The van der Waals surface area contributed by atoms with E-state index in [2.05, 4.69) is 9.47 Å². The van der Waals surface area contributed by atoms with Gasteiger partial charge >= 0.3 is 18.1 Å². The summed E-state index contributed by atoms with van der Waals surface area (Å²) in [4.78, 5) is 33.8. The average Bonchev–Trinajstić information content (AvgIpc) is 2.79. The van der Waals surface area contributed by atoms with Gasteiger partial charge in [-0.3, -0.25) is 4.79 Å². The van der Waals surface area contributed by atoms with E-state index < -0.39 is 36.2 Å². The standard InChI is InChI=1S/C13H20O7/c1-4-5-13(2,3)11(15)18-8-10(14)17-6-9-7-19-12(16)20-9/h9H,4-8H2,1-3H3. The van der Waals surface area contributed by atoms with Crippen LogP contribution in [0, 0.1) is 5.41 Å². The first-order valence-corrected chi connectivity index (χ1v) is 6.51. The third-order valence-corrected chi connectivity index (χ3v) is 2.83. The number of ether oxygens (including phenoxy) is 4. The highest BCUT2D eigenvalue weighted by Crippen LogP contribution is 2.23. The summed E-state index contributed by atoms with van der Waals surface area (Å²) in [5.41, 5.74) is -0.621. The summed E-state index contributed by atoms with van der Waals surface area (Å²) in [6, 6.07) is 0. The van der Waals surface area contributed by atoms with Crippen molar-refractivity contribution in [1.82, 2.24) is 0 Å². The van der Waals surface area contributed by atoms with E-state index in [4.69, 9.17) is 9.47 Å². The Kier molecular flexibility index (Phi) is 5.79. The molecule has 20 heavy (non-hydrogen) atoms. The fourth-order valence-corrected chi connectivity index (χ4v) is 1.72. The Labute approximate surface area is 117 Å². The van der Waals surface area contributed by atoms with Crippen molar-refractivity contribution in [3.05, 3.63) is 0 Å². The number of carbonyl (C=O) groups is 3. The lowest BCUT2D eigenvalue weighted by Gasteiger charge is -2.21. The SMILES string of the molecule is CCCC(C)(C)C(=O)OCC(=O)OCC1COC(=O)O1. The molecule has 1 atom stereocenters. The minimum atomic E-state index is -0.779. The molecule has 0 radical (unpaired) electrons. The van der Waals surface area contributed by atoms with Gasteiger partial charge in [-0.15, -0.1) is 0 Å². The Morgan fingerprint density at radius 3 is 2.60 bits per heavy atom. The number of esters is 2. The van der Waals surface area contributed by atoms with Crippen molar-refractivity contribution >= 4 is 18.1 Å². The van der Waals surface area contributed by atoms with Crippen LogP contribution in [0.3, 0.4) is 0 Å². The number of cyclic esters (lactones) is 2. The van der Waals surface area contributed by atoms with Crippen LogP contribution >= 0.6 is 0 Å². The minimum absolute atomic E-state index is 0.0510. The molecule has 114 valence electrons. The first kappa shape index (κ1) is 16.3. The van der Waals surface area contributed by atoms with E-state index >= 15 is 0 Å². The number of hydrogen-bond donors (Lipinski definition) is 0. The van der Waals surface area contributed by atoms with E-state index in [1.54, 1.807) is 13.8 Å². The van der Waals surface area contributed by atoms with Crippen molar-refractivity contribution in [3.8, 4) is 0 Å². The predicted molar refractivity (Wildman–Crippen MR) is 66.8 cm³/mol. The van der Waals surface area contributed by atoms with Gasteiger partial charge in [0.25, 0.3) is 0 Å². The first-order valence-electron chi connectivity index (χ1n) is 6.51. The van der Waals surface area contributed by atoms with Crippen LogP contribution in [0.1, 0.15) is 33.6 Å². The number of hydrogen-bond acceptors (Lipinski definition) is 7. The second-order valence-electron chi connectivity index (χ2n) is 5.19. The highest BCUT2D eigenvalue weighted by Gasteiger charge is 2.29. The normalized spacial score (nSPS) is 18.1. The third-order valence-electron chi connectivity index (χ3n) is 2.83. The van der Waals surface area contributed by atoms with Gasteiger partial charge in [0.05, 0.1) is 5.41 Å². The topological polar surface area (TPSA) is 88.1 Å². The molecule has 0 aromatic rings. The molecule has 1 fully saturated rings.